The van der Waals surface area contributed by atoms with Gasteiger partial charge in [-0.2, -0.15) is 0 Å². The number of halogens is 1. The van der Waals surface area contributed by atoms with Crippen LogP contribution in [0.5, 0.6) is 5.88 Å². The van der Waals surface area contributed by atoms with E-state index in [2.05, 4.69) is 20.5 Å². The summed E-state index contributed by atoms with van der Waals surface area (Å²) in [5.41, 5.74) is 0. The van der Waals surface area contributed by atoms with Crippen LogP contribution in [0.4, 0.5) is 0 Å². The van der Waals surface area contributed by atoms with Crippen molar-refractivity contribution in [3.8, 4) is 5.88 Å². The van der Waals surface area contributed by atoms with Gasteiger partial charge in [0.1, 0.15) is 24.3 Å². The number of hydrogen-bond acceptors (Lipinski definition) is 6. The van der Waals surface area contributed by atoms with E-state index in [1.165, 1.54) is 6.20 Å². The summed E-state index contributed by atoms with van der Waals surface area (Å²) in [6.45, 7) is 3.79. The molecular formula is C15H19ClN6O2. The molecule has 0 aromatic carbocycles. The van der Waals surface area contributed by atoms with Crippen molar-refractivity contribution in [1.29, 1.82) is 0 Å². The lowest BCUT2D eigenvalue weighted by Crippen LogP contribution is -2.51. The molecule has 0 radical (unpaired) electrons. The molecule has 1 amide bonds. The fourth-order valence-electron chi connectivity index (χ4n) is 2.60. The molecule has 9 heteroatoms. The third-order valence-electron chi connectivity index (χ3n) is 3.94. The molecule has 1 unspecified atom stereocenters. The Hall–Kier alpha value is -2.19. The normalized spacial score (nSPS) is 17.4. The summed E-state index contributed by atoms with van der Waals surface area (Å²) >= 11 is 5.76. The molecule has 1 N–H and O–H groups in total. The quantitative estimate of drug-likeness (QED) is 0.797. The Morgan fingerprint density at radius 3 is 3.04 bits per heavy atom. The van der Waals surface area contributed by atoms with Gasteiger partial charge in [0, 0.05) is 12.3 Å². The van der Waals surface area contributed by atoms with Crippen LogP contribution in [0, 0.1) is 6.92 Å². The summed E-state index contributed by atoms with van der Waals surface area (Å²) in [4.78, 5) is 18.4. The number of hydrogen-bond donors (Lipinski definition) is 1. The maximum atomic E-state index is 12.4. The lowest BCUT2D eigenvalue weighted by molar-refractivity contribution is -0.127. The molecule has 0 fully saturated rings. The highest BCUT2D eigenvalue weighted by Gasteiger charge is 2.30. The lowest BCUT2D eigenvalue weighted by Gasteiger charge is -2.32. The Morgan fingerprint density at radius 2 is 2.29 bits per heavy atom. The number of fused-ring (bicyclic) bond motifs is 1. The Kier molecular flexibility index (Phi) is 4.96. The lowest BCUT2D eigenvalue weighted by atomic mass is 10.2. The molecule has 0 spiro atoms. The van der Waals surface area contributed by atoms with Crippen LogP contribution in [0.2, 0.25) is 5.02 Å². The predicted molar refractivity (Wildman–Crippen MR) is 87.8 cm³/mol. The maximum Gasteiger partial charge on any atom is 0.239 e. The first-order chi connectivity index (χ1) is 11.5. The van der Waals surface area contributed by atoms with Gasteiger partial charge in [0.2, 0.25) is 11.8 Å². The molecule has 0 aliphatic carbocycles. The van der Waals surface area contributed by atoms with Gasteiger partial charge in [-0.25, -0.2) is 4.98 Å². The molecule has 1 aliphatic heterocycles. The number of amides is 1. The van der Waals surface area contributed by atoms with E-state index < -0.39 is 0 Å². The van der Waals surface area contributed by atoms with Gasteiger partial charge in [-0.1, -0.05) is 11.6 Å². The van der Waals surface area contributed by atoms with Crippen LogP contribution >= 0.6 is 11.6 Å². The fraction of sp³-hybridized carbons (Fsp3) is 0.467. The van der Waals surface area contributed by atoms with Crippen molar-refractivity contribution in [3.63, 3.8) is 0 Å². The first-order valence-electron chi connectivity index (χ1n) is 7.65. The number of carbonyl (C=O) groups is 1. The SMILES string of the molecule is Cc1nnc2n1CC(C(=O)NCCOc1ccc(Cl)cn1)N(C)C2. The number of aromatic nitrogens is 4. The first kappa shape index (κ1) is 16.7. The van der Waals surface area contributed by atoms with E-state index in [4.69, 9.17) is 16.3 Å². The zero-order chi connectivity index (χ0) is 17.1. The van der Waals surface area contributed by atoms with E-state index in [0.717, 1.165) is 11.6 Å². The van der Waals surface area contributed by atoms with Gasteiger partial charge >= 0.3 is 0 Å². The van der Waals surface area contributed by atoms with E-state index >= 15 is 0 Å². The van der Waals surface area contributed by atoms with Crippen molar-refractivity contribution in [2.75, 3.05) is 20.2 Å². The maximum absolute atomic E-state index is 12.4. The average Bonchev–Trinajstić information content (AvgIpc) is 2.92. The molecule has 1 atom stereocenters. The van der Waals surface area contributed by atoms with Gasteiger partial charge in [0.05, 0.1) is 24.7 Å². The topological polar surface area (TPSA) is 85.2 Å². The minimum atomic E-state index is -0.249. The Balaban J connectivity index is 1.48. The largest absolute Gasteiger partial charge is 0.476 e. The number of rotatable bonds is 5. The van der Waals surface area contributed by atoms with Gasteiger partial charge in [0.15, 0.2) is 0 Å². The van der Waals surface area contributed by atoms with Crippen molar-refractivity contribution in [2.45, 2.75) is 26.1 Å². The molecule has 2 aromatic heterocycles. The molecule has 24 heavy (non-hydrogen) atoms. The molecule has 8 nitrogen and oxygen atoms in total. The smallest absolute Gasteiger partial charge is 0.239 e. The van der Waals surface area contributed by atoms with Crippen LogP contribution in [0.15, 0.2) is 18.3 Å². The third-order valence-corrected chi connectivity index (χ3v) is 4.17. The number of carbonyl (C=O) groups excluding carboxylic acids is 1. The minimum absolute atomic E-state index is 0.0380. The second-order valence-corrected chi connectivity index (χ2v) is 6.10. The molecule has 0 bridgehead atoms. The number of ether oxygens (including phenoxy) is 1. The summed E-state index contributed by atoms with van der Waals surface area (Å²) in [5.74, 6) is 2.15. The van der Waals surface area contributed by atoms with Crippen LogP contribution in [-0.2, 0) is 17.9 Å². The van der Waals surface area contributed by atoms with Crippen LogP contribution in [0.3, 0.4) is 0 Å². The van der Waals surface area contributed by atoms with Crippen molar-refractivity contribution < 1.29 is 9.53 Å². The highest BCUT2D eigenvalue weighted by molar-refractivity contribution is 6.30. The van der Waals surface area contributed by atoms with E-state index in [-0.39, 0.29) is 11.9 Å². The molecule has 3 rings (SSSR count). The summed E-state index contributed by atoms with van der Waals surface area (Å²) in [5, 5.41) is 11.6. The summed E-state index contributed by atoms with van der Waals surface area (Å²) < 4.78 is 7.45. The second kappa shape index (κ2) is 7.14. The summed E-state index contributed by atoms with van der Waals surface area (Å²) in [6, 6.07) is 3.15. The van der Waals surface area contributed by atoms with Gasteiger partial charge in [0.25, 0.3) is 0 Å². The molecule has 1 aliphatic rings. The molecule has 0 saturated heterocycles. The van der Waals surface area contributed by atoms with Crippen LogP contribution in [0.25, 0.3) is 0 Å². The number of pyridine rings is 1. The molecular weight excluding hydrogens is 332 g/mol. The first-order valence-corrected chi connectivity index (χ1v) is 8.03. The zero-order valence-electron chi connectivity index (χ0n) is 13.6. The van der Waals surface area contributed by atoms with E-state index in [1.54, 1.807) is 12.1 Å². The molecule has 0 saturated carbocycles. The van der Waals surface area contributed by atoms with Crippen molar-refractivity contribution in [2.24, 2.45) is 0 Å². The Labute approximate surface area is 144 Å². The molecule has 128 valence electrons. The van der Waals surface area contributed by atoms with Gasteiger partial charge < -0.3 is 14.6 Å². The highest BCUT2D eigenvalue weighted by atomic mass is 35.5. The van der Waals surface area contributed by atoms with E-state index in [0.29, 0.717) is 37.1 Å². The van der Waals surface area contributed by atoms with E-state index in [1.807, 2.05) is 23.4 Å². The minimum Gasteiger partial charge on any atom is -0.476 e. The zero-order valence-corrected chi connectivity index (χ0v) is 14.3. The number of aryl methyl sites for hydroxylation is 1. The average molecular weight is 351 g/mol. The summed E-state index contributed by atoms with van der Waals surface area (Å²) in [7, 11) is 1.91. The number of nitrogens with one attached hydrogen (secondary N) is 1. The summed E-state index contributed by atoms with van der Waals surface area (Å²) in [6.07, 6.45) is 1.52. The Morgan fingerprint density at radius 1 is 1.46 bits per heavy atom. The van der Waals surface area contributed by atoms with Gasteiger partial charge in [-0.3, -0.25) is 9.69 Å². The fourth-order valence-corrected chi connectivity index (χ4v) is 2.72. The van der Waals surface area contributed by atoms with Crippen molar-refractivity contribution >= 4 is 17.5 Å². The Bertz CT molecular complexity index is 717. The van der Waals surface area contributed by atoms with Gasteiger partial charge in [-0.15, -0.1) is 10.2 Å². The predicted octanol–water partition coefficient (Wildman–Crippen LogP) is 0.644. The number of nitrogens with zero attached hydrogens (tertiary/aromatic N) is 5. The number of likely N-dealkylation sites (N-methyl/N-ethyl adjacent to an activating group) is 1. The molecule has 3 heterocycles. The monoisotopic (exact) mass is 350 g/mol. The van der Waals surface area contributed by atoms with Crippen LogP contribution in [-0.4, -0.2) is 56.8 Å². The van der Waals surface area contributed by atoms with E-state index in [9.17, 15) is 4.79 Å². The third kappa shape index (κ3) is 3.65. The molecule has 2 aromatic rings. The van der Waals surface area contributed by atoms with Crippen LogP contribution in [0.1, 0.15) is 11.6 Å². The van der Waals surface area contributed by atoms with Crippen LogP contribution < -0.4 is 10.1 Å². The highest BCUT2D eigenvalue weighted by Crippen LogP contribution is 2.16. The van der Waals surface area contributed by atoms with Crippen molar-refractivity contribution in [1.82, 2.24) is 30.0 Å². The second-order valence-electron chi connectivity index (χ2n) is 5.66. The van der Waals surface area contributed by atoms with Gasteiger partial charge in [-0.05, 0) is 20.0 Å². The van der Waals surface area contributed by atoms with Crippen molar-refractivity contribution in [3.05, 3.63) is 35.0 Å². The standard InChI is InChI=1S/C15H19ClN6O2/c1-10-19-20-13-9-21(2)12(8-22(10)13)15(23)17-5-6-24-14-4-3-11(16)7-18-14/h3-4,7,12H,5-6,8-9H2,1-2H3,(H,17,23).